The average molecular weight is 313 g/mol. The SMILES string of the molecule is O=C(O)c1c(Cl)cc(Cl)c(Cl)c1C(=O)NCCO. The van der Waals surface area contributed by atoms with Crippen molar-refractivity contribution in [1.82, 2.24) is 5.32 Å². The van der Waals surface area contributed by atoms with Crippen LogP contribution in [0.15, 0.2) is 6.07 Å². The Hall–Kier alpha value is -1.01. The zero-order valence-electron chi connectivity index (χ0n) is 8.84. The number of nitrogens with one attached hydrogen (secondary N) is 1. The van der Waals surface area contributed by atoms with Crippen LogP contribution in [0.3, 0.4) is 0 Å². The van der Waals surface area contributed by atoms with Crippen LogP contribution < -0.4 is 5.32 Å². The van der Waals surface area contributed by atoms with Gasteiger partial charge in [-0.3, -0.25) is 4.79 Å². The minimum absolute atomic E-state index is 0.0270. The van der Waals surface area contributed by atoms with Crippen molar-refractivity contribution in [3.63, 3.8) is 0 Å². The molecule has 0 fully saturated rings. The molecular weight excluding hydrogens is 304 g/mol. The highest BCUT2D eigenvalue weighted by Gasteiger charge is 2.25. The van der Waals surface area contributed by atoms with Crippen molar-refractivity contribution >= 4 is 46.7 Å². The van der Waals surface area contributed by atoms with Gasteiger partial charge < -0.3 is 15.5 Å². The molecule has 1 amide bonds. The van der Waals surface area contributed by atoms with Crippen LogP contribution in [0.1, 0.15) is 20.7 Å². The van der Waals surface area contributed by atoms with E-state index >= 15 is 0 Å². The normalized spacial score (nSPS) is 10.2. The molecule has 0 spiro atoms. The molecule has 1 rings (SSSR count). The van der Waals surface area contributed by atoms with Gasteiger partial charge in [-0.05, 0) is 6.07 Å². The first-order chi connectivity index (χ1) is 8.40. The van der Waals surface area contributed by atoms with Gasteiger partial charge in [0.15, 0.2) is 0 Å². The van der Waals surface area contributed by atoms with Crippen LogP contribution in [-0.2, 0) is 0 Å². The molecule has 0 aliphatic rings. The van der Waals surface area contributed by atoms with Gasteiger partial charge >= 0.3 is 5.97 Å². The molecule has 3 N–H and O–H groups in total. The lowest BCUT2D eigenvalue weighted by atomic mass is 10.1. The minimum Gasteiger partial charge on any atom is -0.478 e. The van der Waals surface area contributed by atoms with E-state index in [1.54, 1.807) is 0 Å². The number of aliphatic hydroxyl groups excluding tert-OH is 1. The van der Waals surface area contributed by atoms with Crippen LogP contribution in [0.5, 0.6) is 0 Å². The molecule has 5 nitrogen and oxygen atoms in total. The van der Waals surface area contributed by atoms with E-state index in [9.17, 15) is 9.59 Å². The van der Waals surface area contributed by atoms with Gasteiger partial charge in [0.2, 0.25) is 0 Å². The first kappa shape index (κ1) is 15.0. The van der Waals surface area contributed by atoms with Crippen LogP contribution >= 0.6 is 34.8 Å². The number of carbonyl (C=O) groups is 2. The van der Waals surface area contributed by atoms with E-state index in [1.165, 1.54) is 0 Å². The first-order valence-electron chi connectivity index (χ1n) is 4.70. The van der Waals surface area contributed by atoms with E-state index in [2.05, 4.69) is 5.32 Å². The molecule has 0 aromatic heterocycles. The smallest absolute Gasteiger partial charge is 0.338 e. The quantitative estimate of drug-likeness (QED) is 0.743. The Morgan fingerprint density at radius 2 is 1.78 bits per heavy atom. The van der Waals surface area contributed by atoms with Crippen molar-refractivity contribution in [2.75, 3.05) is 13.2 Å². The summed E-state index contributed by atoms with van der Waals surface area (Å²) in [6.07, 6.45) is 0. The van der Waals surface area contributed by atoms with Crippen LogP contribution in [0.4, 0.5) is 0 Å². The summed E-state index contributed by atoms with van der Waals surface area (Å²) in [5.74, 6) is -2.16. The number of carboxylic acid groups (broad SMARTS) is 1. The summed E-state index contributed by atoms with van der Waals surface area (Å²) >= 11 is 17.3. The summed E-state index contributed by atoms with van der Waals surface area (Å²) < 4.78 is 0. The van der Waals surface area contributed by atoms with Gasteiger partial charge in [-0.15, -0.1) is 0 Å². The molecule has 0 saturated carbocycles. The van der Waals surface area contributed by atoms with E-state index in [4.69, 9.17) is 45.0 Å². The predicted octanol–water partition coefficient (Wildman–Crippen LogP) is 2.07. The number of aromatic carboxylic acids is 1. The zero-order chi connectivity index (χ0) is 13.9. The molecule has 1 aromatic rings. The Morgan fingerprint density at radius 1 is 1.17 bits per heavy atom. The summed E-state index contributed by atoms with van der Waals surface area (Å²) in [4.78, 5) is 22.8. The third-order valence-corrected chi connectivity index (χ3v) is 3.10. The molecule has 0 radical (unpaired) electrons. The van der Waals surface area contributed by atoms with Crippen molar-refractivity contribution in [3.8, 4) is 0 Å². The van der Waals surface area contributed by atoms with Gasteiger partial charge in [0.25, 0.3) is 5.91 Å². The second kappa shape index (κ2) is 6.24. The van der Waals surface area contributed by atoms with E-state index in [1.807, 2.05) is 0 Å². The Kier molecular flexibility index (Phi) is 5.22. The van der Waals surface area contributed by atoms with Crippen LogP contribution in [0.2, 0.25) is 15.1 Å². The highest BCUT2D eigenvalue weighted by atomic mass is 35.5. The molecule has 18 heavy (non-hydrogen) atoms. The number of carbonyl (C=O) groups excluding carboxylic acids is 1. The van der Waals surface area contributed by atoms with Crippen molar-refractivity contribution in [2.24, 2.45) is 0 Å². The summed E-state index contributed by atoms with van der Waals surface area (Å²) in [6, 6.07) is 1.15. The fraction of sp³-hybridized carbons (Fsp3) is 0.200. The maximum absolute atomic E-state index is 11.8. The van der Waals surface area contributed by atoms with E-state index in [-0.39, 0.29) is 33.8 Å². The third-order valence-electron chi connectivity index (χ3n) is 2.01. The van der Waals surface area contributed by atoms with Crippen molar-refractivity contribution in [2.45, 2.75) is 0 Å². The van der Waals surface area contributed by atoms with E-state index in [0.29, 0.717) is 0 Å². The highest BCUT2D eigenvalue weighted by molar-refractivity contribution is 6.46. The maximum atomic E-state index is 11.8. The molecule has 0 aliphatic carbocycles. The van der Waals surface area contributed by atoms with Gasteiger partial charge in [0, 0.05) is 6.54 Å². The van der Waals surface area contributed by atoms with E-state index in [0.717, 1.165) is 6.07 Å². The molecule has 98 valence electrons. The number of aliphatic hydroxyl groups is 1. The number of rotatable bonds is 4. The number of halogens is 3. The Balaban J connectivity index is 3.39. The topological polar surface area (TPSA) is 86.6 Å². The fourth-order valence-electron chi connectivity index (χ4n) is 1.28. The number of amides is 1. The van der Waals surface area contributed by atoms with Crippen LogP contribution in [0, 0.1) is 0 Å². The molecule has 0 aliphatic heterocycles. The Labute approximate surface area is 117 Å². The van der Waals surface area contributed by atoms with Gasteiger partial charge in [-0.2, -0.15) is 0 Å². The molecule has 0 bridgehead atoms. The summed E-state index contributed by atoms with van der Waals surface area (Å²) in [5, 5.41) is 19.5. The number of carboxylic acids is 1. The number of hydrogen-bond acceptors (Lipinski definition) is 3. The second-order valence-electron chi connectivity index (χ2n) is 3.19. The molecular formula is C10H8Cl3NO4. The van der Waals surface area contributed by atoms with Gasteiger partial charge in [-0.1, -0.05) is 34.8 Å². The summed E-state index contributed by atoms with van der Waals surface area (Å²) in [5.41, 5.74) is -0.753. The standard InChI is InChI=1S/C10H8Cl3NO4/c11-4-3-5(12)8(13)7(6(4)10(17)18)9(16)14-1-2-15/h3,15H,1-2H2,(H,14,16)(H,17,18). The molecule has 0 saturated heterocycles. The predicted molar refractivity (Wildman–Crippen MR) is 67.9 cm³/mol. The van der Waals surface area contributed by atoms with Crippen LogP contribution in [0.25, 0.3) is 0 Å². The van der Waals surface area contributed by atoms with Crippen molar-refractivity contribution in [3.05, 3.63) is 32.3 Å². The van der Waals surface area contributed by atoms with Crippen LogP contribution in [-0.4, -0.2) is 35.2 Å². The van der Waals surface area contributed by atoms with Crippen molar-refractivity contribution < 1.29 is 19.8 Å². The summed E-state index contributed by atoms with van der Waals surface area (Å²) in [6.45, 7) is -0.335. The Bertz CT molecular complexity index is 504. The average Bonchev–Trinajstić information content (AvgIpc) is 2.29. The fourth-order valence-corrected chi connectivity index (χ4v) is 2.05. The minimum atomic E-state index is -1.40. The second-order valence-corrected chi connectivity index (χ2v) is 4.38. The lowest BCUT2D eigenvalue weighted by molar-refractivity contribution is 0.0691. The van der Waals surface area contributed by atoms with Gasteiger partial charge in [0.1, 0.15) is 0 Å². The highest BCUT2D eigenvalue weighted by Crippen LogP contribution is 2.34. The molecule has 0 atom stereocenters. The molecule has 1 aromatic carbocycles. The first-order valence-corrected chi connectivity index (χ1v) is 5.83. The molecule has 0 heterocycles. The number of hydrogen-bond donors (Lipinski definition) is 3. The molecule has 8 heteroatoms. The zero-order valence-corrected chi connectivity index (χ0v) is 11.1. The largest absolute Gasteiger partial charge is 0.478 e. The monoisotopic (exact) mass is 311 g/mol. The lowest BCUT2D eigenvalue weighted by Gasteiger charge is -2.11. The summed E-state index contributed by atoms with van der Waals surface area (Å²) in [7, 11) is 0. The molecule has 0 unspecified atom stereocenters. The van der Waals surface area contributed by atoms with Gasteiger partial charge in [0.05, 0.1) is 32.8 Å². The van der Waals surface area contributed by atoms with Gasteiger partial charge in [-0.25, -0.2) is 4.79 Å². The van der Waals surface area contributed by atoms with E-state index < -0.39 is 17.4 Å². The lowest BCUT2D eigenvalue weighted by Crippen LogP contribution is -2.28. The van der Waals surface area contributed by atoms with Crippen molar-refractivity contribution in [1.29, 1.82) is 0 Å². The maximum Gasteiger partial charge on any atom is 0.338 e. The third kappa shape index (κ3) is 3.05. The number of benzene rings is 1. The Morgan fingerprint density at radius 3 is 2.28 bits per heavy atom.